The van der Waals surface area contributed by atoms with Gasteiger partial charge in [0.25, 0.3) is 0 Å². The van der Waals surface area contributed by atoms with E-state index in [9.17, 15) is 4.79 Å². The molecule has 0 aromatic heterocycles. The highest BCUT2D eigenvalue weighted by atomic mass is 79.9. The third kappa shape index (κ3) is 2.37. The number of carbonyl (C=O) groups is 1. The van der Waals surface area contributed by atoms with Crippen LogP contribution >= 0.6 is 15.9 Å². The van der Waals surface area contributed by atoms with E-state index in [1.807, 2.05) is 0 Å². The Morgan fingerprint density at radius 1 is 1.85 bits per heavy atom. The highest BCUT2D eigenvalue weighted by Gasteiger charge is 2.27. The minimum Gasteiger partial charge on any atom is -0.472 e. The number of rotatable bonds is 2. The van der Waals surface area contributed by atoms with Crippen molar-refractivity contribution in [3.8, 4) is 0 Å². The Morgan fingerprint density at radius 2 is 2.54 bits per heavy atom. The monoisotopic (exact) mass is 249 g/mol. The van der Waals surface area contributed by atoms with E-state index in [1.54, 1.807) is 20.0 Å². The number of allylic oxidation sites excluding steroid dienone is 1. The minimum atomic E-state index is -0.369. The predicted octanol–water partition coefficient (Wildman–Crippen LogP) is 2.06. The maximum absolute atomic E-state index is 11.3. The highest BCUT2D eigenvalue weighted by Crippen LogP contribution is 2.20. The van der Waals surface area contributed by atoms with Crippen molar-refractivity contribution in [3.63, 3.8) is 0 Å². The summed E-state index contributed by atoms with van der Waals surface area (Å²) in [5, 5.41) is 0.604. The second-order valence-corrected chi connectivity index (χ2v) is 3.11. The Labute approximate surface area is 85.6 Å². The average molecular weight is 250 g/mol. The third-order valence-electron chi connectivity index (χ3n) is 1.61. The molecule has 0 radical (unpaired) electrons. The van der Waals surface area contributed by atoms with Crippen LogP contribution in [-0.4, -0.2) is 29.2 Å². The molecule has 1 unspecified atom stereocenters. The van der Waals surface area contributed by atoms with Crippen molar-refractivity contribution in [1.82, 2.24) is 4.90 Å². The van der Waals surface area contributed by atoms with Crippen LogP contribution in [0.25, 0.3) is 0 Å². The molecule has 1 heterocycles. The fourth-order valence-corrected chi connectivity index (χ4v) is 1.31. The molecule has 4 nitrogen and oxygen atoms in total. The molecule has 13 heavy (non-hydrogen) atoms. The van der Waals surface area contributed by atoms with Gasteiger partial charge >= 0.3 is 6.09 Å². The molecule has 1 atom stereocenters. The number of alkyl halides is 1. The molecular formula is C8H12BrNO3. The second kappa shape index (κ2) is 4.50. The Kier molecular flexibility index (Phi) is 3.59. The summed E-state index contributed by atoms with van der Waals surface area (Å²) < 4.78 is 10.2. The van der Waals surface area contributed by atoms with Crippen LogP contribution in [-0.2, 0) is 9.47 Å². The molecule has 0 bridgehead atoms. The lowest BCUT2D eigenvalue weighted by molar-refractivity contribution is 0.0453. The lowest BCUT2D eigenvalue weighted by Gasteiger charge is -2.17. The van der Waals surface area contributed by atoms with E-state index in [0.29, 0.717) is 11.9 Å². The molecule has 0 saturated carbocycles. The summed E-state index contributed by atoms with van der Waals surface area (Å²) in [5.74, 6) is 0.737. The summed E-state index contributed by atoms with van der Waals surface area (Å²) in [4.78, 5) is 12.7. The first-order valence-corrected chi connectivity index (χ1v) is 5.19. The van der Waals surface area contributed by atoms with Crippen LogP contribution in [0.3, 0.4) is 0 Å². The lowest BCUT2D eigenvalue weighted by Crippen LogP contribution is -2.32. The Hall–Kier alpha value is -0.710. The van der Waals surface area contributed by atoms with E-state index in [1.165, 1.54) is 4.90 Å². The van der Waals surface area contributed by atoms with Gasteiger partial charge in [-0.1, -0.05) is 15.9 Å². The van der Waals surface area contributed by atoms with Gasteiger partial charge in [-0.3, -0.25) is 0 Å². The maximum Gasteiger partial charge on any atom is 0.416 e. The third-order valence-corrected chi connectivity index (χ3v) is 2.16. The van der Waals surface area contributed by atoms with Crippen molar-refractivity contribution in [2.45, 2.75) is 20.1 Å². The van der Waals surface area contributed by atoms with Crippen molar-refractivity contribution in [2.75, 3.05) is 11.9 Å². The first-order valence-electron chi connectivity index (χ1n) is 4.07. The number of hydrogen-bond donors (Lipinski definition) is 0. The summed E-state index contributed by atoms with van der Waals surface area (Å²) in [5.41, 5.74) is 0. The standard InChI is InChI=1S/C8H12BrNO3/c1-3-12-8(11)10-5-7(4-9)13-6(10)2/h5-6H,3-4H2,1-2H3. The van der Waals surface area contributed by atoms with Gasteiger partial charge in [0.2, 0.25) is 0 Å². The molecule has 0 aromatic carbocycles. The molecule has 1 rings (SSSR count). The van der Waals surface area contributed by atoms with E-state index in [2.05, 4.69) is 15.9 Å². The Bertz CT molecular complexity index is 229. The fraction of sp³-hybridized carbons (Fsp3) is 0.625. The summed E-state index contributed by atoms with van der Waals surface area (Å²) in [7, 11) is 0. The normalized spacial score (nSPS) is 21.0. The van der Waals surface area contributed by atoms with Crippen molar-refractivity contribution in [2.24, 2.45) is 0 Å². The largest absolute Gasteiger partial charge is 0.472 e. The summed E-state index contributed by atoms with van der Waals surface area (Å²) >= 11 is 3.25. The van der Waals surface area contributed by atoms with Crippen molar-refractivity contribution < 1.29 is 14.3 Å². The van der Waals surface area contributed by atoms with Crippen molar-refractivity contribution in [3.05, 3.63) is 12.0 Å². The number of halogens is 1. The van der Waals surface area contributed by atoms with Crippen LogP contribution in [0, 0.1) is 0 Å². The van der Waals surface area contributed by atoms with Gasteiger partial charge < -0.3 is 9.47 Å². The molecule has 5 heteroatoms. The van der Waals surface area contributed by atoms with E-state index >= 15 is 0 Å². The molecule has 1 aliphatic rings. The molecular weight excluding hydrogens is 238 g/mol. The van der Waals surface area contributed by atoms with E-state index in [4.69, 9.17) is 9.47 Å². The zero-order valence-corrected chi connectivity index (χ0v) is 9.20. The molecule has 1 amide bonds. The van der Waals surface area contributed by atoms with E-state index in [-0.39, 0.29) is 12.3 Å². The molecule has 0 fully saturated rings. The number of ether oxygens (including phenoxy) is 2. The van der Waals surface area contributed by atoms with Crippen LogP contribution in [0.1, 0.15) is 13.8 Å². The highest BCUT2D eigenvalue weighted by molar-refractivity contribution is 9.09. The molecule has 1 aliphatic heterocycles. The first kappa shape index (κ1) is 10.4. The van der Waals surface area contributed by atoms with Gasteiger partial charge in [0.1, 0.15) is 5.76 Å². The molecule has 0 spiro atoms. The van der Waals surface area contributed by atoms with Crippen LogP contribution in [0.15, 0.2) is 12.0 Å². The van der Waals surface area contributed by atoms with E-state index < -0.39 is 0 Å². The van der Waals surface area contributed by atoms with Gasteiger partial charge in [-0.25, -0.2) is 9.69 Å². The number of carbonyl (C=O) groups excluding carboxylic acids is 1. The SMILES string of the molecule is CCOC(=O)N1C=C(CBr)OC1C. The molecule has 74 valence electrons. The van der Waals surface area contributed by atoms with Crippen molar-refractivity contribution >= 4 is 22.0 Å². The zero-order chi connectivity index (χ0) is 9.84. The van der Waals surface area contributed by atoms with Crippen LogP contribution in [0.2, 0.25) is 0 Å². The summed E-state index contributed by atoms with van der Waals surface area (Å²) in [6, 6.07) is 0. The van der Waals surface area contributed by atoms with Crippen LogP contribution in [0.5, 0.6) is 0 Å². The predicted molar refractivity (Wildman–Crippen MR) is 51.3 cm³/mol. The van der Waals surface area contributed by atoms with Gasteiger partial charge in [-0.15, -0.1) is 0 Å². The zero-order valence-electron chi connectivity index (χ0n) is 7.62. The molecule has 0 aliphatic carbocycles. The van der Waals surface area contributed by atoms with Gasteiger partial charge in [0.15, 0.2) is 6.23 Å². The Morgan fingerprint density at radius 3 is 3.00 bits per heavy atom. The van der Waals surface area contributed by atoms with E-state index in [0.717, 1.165) is 5.76 Å². The first-order chi connectivity index (χ1) is 6.19. The average Bonchev–Trinajstić information content (AvgIpc) is 2.47. The molecule has 0 aromatic rings. The summed E-state index contributed by atoms with van der Waals surface area (Å²) in [6.45, 7) is 3.94. The fourth-order valence-electron chi connectivity index (χ4n) is 1.03. The minimum absolute atomic E-state index is 0.272. The van der Waals surface area contributed by atoms with Gasteiger partial charge in [-0.2, -0.15) is 0 Å². The Balaban J connectivity index is 2.59. The second-order valence-electron chi connectivity index (χ2n) is 2.55. The quantitative estimate of drug-likeness (QED) is 0.704. The lowest BCUT2D eigenvalue weighted by atomic mass is 10.6. The number of amides is 1. The van der Waals surface area contributed by atoms with Crippen LogP contribution in [0.4, 0.5) is 4.79 Å². The summed E-state index contributed by atoms with van der Waals surface area (Å²) in [6.07, 6.45) is 1.01. The van der Waals surface area contributed by atoms with Gasteiger partial charge in [0.05, 0.1) is 18.1 Å². The smallest absolute Gasteiger partial charge is 0.416 e. The molecule has 0 N–H and O–H groups in total. The topological polar surface area (TPSA) is 38.8 Å². The van der Waals surface area contributed by atoms with Gasteiger partial charge in [0, 0.05) is 0 Å². The van der Waals surface area contributed by atoms with Gasteiger partial charge in [-0.05, 0) is 13.8 Å². The number of nitrogens with zero attached hydrogens (tertiary/aromatic N) is 1. The number of hydrogen-bond acceptors (Lipinski definition) is 3. The van der Waals surface area contributed by atoms with Crippen molar-refractivity contribution in [1.29, 1.82) is 0 Å². The van der Waals surface area contributed by atoms with Crippen LogP contribution < -0.4 is 0 Å². The molecule has 0 saturated heterocycles. The maximum atomic E-state index is 11.3.